The van der Waals surface area contributed by atoms with Gasteiger partial charge in [0.25, 0.3) is 0 Å². The van der Waals surface area contributed by atoms with Crippen molar-refractivity contribution in [1.29, 1.82) is 0 Å². The predicted octanol–water partition coefficient (Wildman–Crippen LogP) is 3.05. The smallest absolute Gasteiger partial charge is 0.329 e. The van der Waals surface area contributed by atoms with Gasteiger partial charge in [-0.1, -0.05) is 30.3 Å². The Morgan fingerprint density at radius 1 is 1.00 bits per heavy atom. The van der Waals surface area contributed by atoms with Gasteiger partial charge in [0.15, 0.2) is 0 Å². The van der Waals surface area contributed by atoms with Crippen LogP contribution in [-0.2, 0) is 41.5 Å². The second kappa shape index (κ2) is 14.3. The number of unbranched alkanes of at least 4 members (excludes halogenated alkanes) is 1. The van der Waals surface area contributed by atoms with Crippen molar-refractivity contribution in [3.8, 4) is 0 Å². The summed E-state index contributed by atoms with van der Waals surface area (Å²) in [5.41, 5.74) is -0.320. The molecule has 0 aliphatic carbocycles. The van der Waals surface area contributed by atoms with E-state index in [9.17, 15) is 23.1 Å². The molecule has 0 heterocycles. The molecule has 0 saturated heterocycles. The number of benzene rings is 1. The van der Waals surface area contributed by atoms with Gasteiger partial charge in [0.05, 0.1) is 6.54 Å². The van der Waals surface area contributed by atoms with Crippen LogP contribution in [0, 0.1) is 0 Å². The summed E-state index contributed by atoms with van der Waals surface area (Å²) in [5.74, 6) is -1.87. The number of rotatable bonds is 13. The Kier molecular flexibility index (Phi) is 12.6. The van der Waals surface area contributed by atoms with Gasteiger partial charge >= 0.3 is 11.9 Å². The van der Waals surface area contributed by atoms with Gasteiger partial charge in [-0.3, -0.25) is 13.8 Å². The number of esters is 2. The topological polar surface area (TPSA) is 125 Å². The summed E-state index contributed by atoms with van der Waals surface area (Å²) < 4.78 is 34.9. The van der Waals surface area contributed by atoms with Crippen molar-refractivity contribution in [1.82, 2.24) is 9.62 Å². The predicted molar refractivity (Wildman–Crippen MR) is 133 cm³/mol. The van der Waals surface area contributed by atoms with Crippen molar-refractivity contribution in [2.75, 3.05) is 13.1 Å². The molecule has 1 aromatic carbocycles. The normalized spacial score (nSPS) is 13.7. The van der Waals surface area contributed by atoms with E-state index in [1.165, 1.54) is 0 Å². The van der Waals surface area contributed by atoms with E-state index in [1.54, 1.807) is 41.5 Å². The zero-order chi connectivity index (χ0) is 26.6. The maximum Gasteiger partial charge on any atom is 0.329 e. The maximum absolute atomic E-state index is 12.6. The lowest BCUT2D eigenvalue weighted by Gasteiger charge is -2.27. The lowest BCUT2D eigenvalue weighted by molar-refractivity contribution is -0.160. The molecule has 0 bridgehead atoms. The van der Waals surface area contributed by atoms with Crippen LogP contribution in [-0.4, -0.2) is 61.2 Å². The minimum Gasteiger partial charge on any atom is -0.760 e. The Balaban J connectivity index is 2.69. The fraction of sp³-hybridized carbons (Fsp3) is 0.640. The molecular weight excluding hydrogens is 472 g/mol. The number of nitrogens with zero attached hydrogens (tertiary/aromatic N) is 1. The molecule has 1 rings (SSSR count). The van der Waals surface area contributed by atoms with E-state index in [0.717, 1.165) is 22.7 Å². The number of nitrogens with one attached hydrogen (secondary N) is 1. The molecule has 2 unspecified atom stereocenters. The first-order valence-electron chi connectivity index (χ1n) is 11.8. The van der Waals surface area contributed by atoms with Gasteiger partial charge in [-0.25, -0.2) is 9.10 Å². The zero-order valence-corrected chi connectivity index (χ0v) is 22.4. The molecule has 2 atom stereocenters. The van der Waals surface area contributed by atoms with Crippen LogP contribution in [0.4, 0.5) is 0 Å². The van der Waals surface area contributed by atoms with Gasteiger partial charge in [-0.2, -0.15) is 0 Å². The SMILES string of the molecule is CC(C)(C)OC(=O)CCC(NC(=O)CN(CCCCc1ccccc1)S(=O)[O-])C(=O)OC(C)(C)C. The summed E-state index contributed by atoms with van der Waals surface area (Å²) in [6.45, 7) is 10.00. The van der Waals surface area contributed by atoms with Gasteiger partial charge in [0, 0.05) is 24.2 Å². The van der Waals surface area contributed by atoms with Crippen LogP contribution < -0.4 is 5.32 Å². The van der Waals surface area contributed by atoms with Crippen LogP contribution in [0.3, 0.4) is 0 Å². The van der Waals surface area contributed by atoms with E-state index < -0.39 is 52.9 Å². The number of amides is 1. The summed E-state index contributed by atoms with van der Waals surface area (Å²) in [4.78, 5) is 37.3. The zero-order valence-electron chi connectivity index (χ0n) is 21.6. The molecule has 0 aromatic heterocycles. The molecule has 0 saturated carbocycles. The van der Waals surface area contributed by atoms with Gasteiger partial charge < -0.3 is 19.3 Å². The van der Waals surface area contributed by atoms with E-state index in [2.05, 4.69) is 5.32 Å². The Hall–Kier alpha value is -2.30. The minimum atomic E-state index is -2.60. The first kappa shape index (κ1) is 30.7. The molecule has 10 heteroatoms. The lowest BCUT2D eigenvalue weighted by atomic mass is 10.1. The first-order chi connectivity index (χ1) is 16.2. The molecular formula is C25H39N2O7S-. The monoisotopic (exact) mass is 511 g/mol. The second-order valence-corrected chi connectivity index (χ2v) is 11.3. The summed E-state index contributed by atoms with van der Waals surface area (Å²) in [5, 5.41) is 2.52. The highest BCUT2D eigenvalue weighted by molar-refractivity contribution is 7.76. The van der Waals surface area contributed by atoms with Crippen molar-refractivity contribution >= 4 is 29.1 Å². The average Bonchev–Trinajstić information content (AvgIpc) is 2.71. The van der Waals surface area contributed by atoms with E-state index in [-0.39, 0.29) is 19.4 Å². The van der Waals surface area contributed by atoms with E-state index >= 15 is 0 Å². The number of carbonyl (C=O) groups excluding carboxylic acids is 3. The maximum atomic E-state index is 12.6. The average molecular weight is 512 g/mol. The molecule has 0 fully saturated rings. The molecule has 1 aromatic rings. The van der Waals surface area contributed by atoms with Crippen LogP contribution in [0.1, 0.15) is 72.8 Å². The molecule has 9 nitrogen and oxygen atoms in total. The lowest BCUT2D eigenvalue weighted by Crippen LogP contribution is -2.48. The summed E-state index contributed by atoms with van der Waals surface area (Å²) in [6, 6.07) is 8.72. The van der Waals surface area contributed by atoms with E-state index in [4.69, 9.17) is 9.47 Å². The minimum absolute atomic E-state index is 0.0346. The number of hydrogen-bond donors (Lipinski definition) is 1. The molecule has 1 N–H and O–H groups in total. The van der Waals surface area contributed by atoms with Crippen molar-refractivity contribution in [3.63, 3.8) is 0 Å². The Morgan fingerprint density at radius 2 is 1.60 bits per heavy atom. The van der Waals surface area contributed by atoms with Gasteiger partial charge in [-0.05, 0) is 72.8 Å². The van der Waals surface area contributed by atoms with Crippen LogP contribution in [0.2, 0.25) is 0 Å². The largest absolute Gasteiger partial charge is 0.760 e. The number of ether oxygens (including phenoxy) is 2. The van der Waals surface area contributed by atoms with Gasteiger partial charge in [-0.15, -0.1) is 0 Å². The molecule has 0 aliphatic heterocycles. The third-order valence-corrected chi connectivity index (χ3v) is 5.31. The summed E-state index contributed by atoms with van der Waals surface area (Å²) in [7, 11) is 0. The van der Waals surface area contributed by atoms with Crippen molar-refractivity contribution in [3.05, 3.63) is 35.9 Å². The van der Waals surface area contributed by atoms with Crippen LogP contribution in [0.25, 0.3) is 0 Å². The van der Waals surface area contributed by atoms with Crippen LogP contribution in [0.5, 0.6) is 0 Å². The van der Waals surface area contributed by atoms with E-state index in [0.29, 0.717) is 6.42 Å². The number of aryl methyl sites for hydroxylation is 1. The van der Waals surface area contributed by atoms with Gasteiger partial charge in [0.2, 0.25) is 5.91 Å². The number of carbonyl (C=O) groups is 3. The number of hydrogen-bond acceptors (Lipinski definition) is 7. The van der Waals surface area contributed by atoms with Crippen molar-refractivity contribution in [2.24, 2.45) is 0 Å². The third-order valence-electron chi connectivity index (χ3n) is 4.58. The van der Waals surface area contributed by atoms with Crippen molar-refractivity contribution in [2.45, 2.75) is 90.9 Å². The highest BCUT2D eigenvalue weighted by atomic mass is 32.2. The molecule has 35 heavy (non-hydrogen) atoms. The fourth-order valence-electron chi connectivity index (χ4n) is 3.14. The fourth-order valence-corrected chi connectivity index (χ4v) is 3.65. The second-order valence-electron chi connectivity index (χ2n) is 10.3. The Labute approximate surface area is 211 Å². The standard InChI is InChI=1S/C25H40N2O7S/c1-24(2,3)33-22(29)16-15-20(23(30)34-25(4,5)6)26-21(28)18-27(35(31)32)17-11-10-14-19-12-8-7-9-13-19/h7-9,12-13,20H,10-11,14-18H2,1-6H3,(H,26,28)(H,31,32)/p-1. The highest BCUT2D eigenvalue weighted by Gasteiger charge is 2.28. The van der Waals surface area contributed by atoms with E-state index in [1.807, 2.05) is 30.3 Å². The quantitative estimate of drug-likeness (QED) is 0.245. The highest BCUT2D eigenvalue weighted by Crippen LogP contribution is 2.14. The molecule has 0 radical (unpaired) electrons. The molecule has 0 spiro atoms. The molecule has 0 aliphatic rings. The van der Waals surface area contributed by atoms with Gasteiger partial charge in [0.1, 0.15) is 17.2 Å². The van der Waals surface area contributed by atoms with Crippen LogP contribution in [0.15, 0.2) is 30.3 Å². The Bertz CT molecular complexity index is 848. The molecule has 1 amide bonds. The molecule has 198 valence electrons. The van der Waals surface area contributed by atoms with Crippen LogP contribution >= 0.6 is 0 Å². The first-order valence-corrected chi connectivity index (χ1v) is 12.8. The Morgan fingerprint density at radius 3 is 2.14 bits per heavy atom. The van der Waals surface area contributed by atoms with Crippen molar-refractivity contribution < 1.29 is 32.6 Å². The summed E-state index contributed by atoms with van der Waals surface area (Å²) in [6.07, 6.45) is 1.99. The third kappa shape index (κ3) is 14.6. The summed E-state index contributed by atoms with van der Waals surface area (Å²) >= 11 is -2.60.